The monoisotopic (exact) mass is 531 g/mol. The average molecular weight is 532 g/mol. The third-order valence-corrected chi connectivity index (χ3v) is 7.27. The number of carbonyl (C=O) groups is 2. The zero-order chi connectivity index (χ0) is 27.6. The van der Waals surface area contributed by atoms with E-state index < -0.39 is 16.1 Å². The number of amides is 2. The first-order chi connectivity index (χ1) is 17.5. The van der Waals surface area contributed by atoms with Crippen molar-refractivity contribution in [1.29, 1.82) is 0 Å². The third-order valence-electron chi connectivity index (χ3n) is 6.09. The summed E-state index contributed by atoms with van der Waals surface area (Å²) in [6, 6.07) is 14.1. The van der Waals surface area contributed by atoms with E-state index >= 15 is 0 Å². The standard InChI is InChI=1S/C28H41N3O5S/c1-7-25(28(33)29-19-21(2)3)30(20-23-13-10-14-24(18-23)36-5)27(32)16-11-17-31(37(6,34)35)26-15-9-8-12-22(26)4/h8-10,12-15,18,21,25H,7,11,16-17,19-20H2,1-6H3,(H,29,33)/t25-/m1/s1. The number of hydrogen-bond acceptors (Lipinski definition) is 5. The number of carbonyl (C=O) groups excluding carboxylic acids is 2. The van der Waals surface area contributed by atoms with E-state index in [1.165, 1.54) is 10.6 Å². The molecule has 9 heteroatoms. The van der Waals surface area contributed by atoms with Crippen molar-refractivity contribution in [2.24, 2.45) is 5.92 Å². The maximum Gasteiger partial charge on any atom is 0.242 e. The normalized spacial score (nSPS) is 12.2. The van der Waals surface area contributed by atoms with Crippen LogP contribution in [0, 0.1) is 12.8 Å². The highest BCUT2D eigenvalue weighted by molar-refractivity contribution is 7.92. The fourth-order valence-corrected chi connectivity index (χ4v) is 5.16. The number of hydrogen-bond donors (Lipinski definition) is 1. The molecule has 1 N–H and O–H groups in total. The van der Waals surface area contributed by atoms with Crippen molar-refractivity contribution in [3.63, 3.8) is 0 Å². The number of ether oxygens (including phenoxy) is 1. The maximum atomic E-state index is 13.5. The third kappa shape index (κ3) is 9.07. The molecule has 2 aromatic carbocycles. The van der Waals surface area contributed by atoms with Crippen LogP contribution in [-0.4, -0.2) is 57.6 Å². The smallest absolute Gasteiger partial charge is 0.242 e. The molecule has 0 heterocycles. The first-order valence-electron chi connectivity index (χ1n) is 12.7. The number of anilines is 1. The van der Waals surface area contributed by atoms with Gasteiger partial charge in [-0.15, -0.1) is 0 Å². The molecule has 0 spiro atoms. The molecule has 0 fully saturated rings. The number of benzene rings is 2. The van der Waals surface area contributed by atoms with Crippen molar-refractivity contribution in [2.45, 2.75) is 59.5 Å². The van der Waals surface area contributed by atoms with Gasteiger partial charge in [-0.05, 0) is 55.0 Å². The molecule has 0 saturated carbocycles. The van der Waals surface area contributed by atoms with E-state index in [0.29, 0.717) is 30.8 Å². The average Bonchev–Trinajstić information content (AvgIpc) is 2.85. The van der Waals surface area contributed by atoms with Crippen LogP contribution in [0.3, 0.4) is 0 Å². The lowest BCUT2D eigenvalue weighted by atomic mass is 10.1. The number of para-hydroxylation sites is 1. The van der Waals surface area contributed by atoms with Crippen LogP contribution in [0.5, 0.6) is 5.75 Å². The van der Waals surface area contributed by atoms with Crippen molar-refractivity contribution in [3.05, 3.63) is 59.7 Å². The minimum atomic E-state index is -3.53. The van der Waals surface area contributed by atoms with Crippen LogP contribution in [0.2, 0.25) is 0 Å². The molecule has 2 amide bonds. The largest absolute Gasteiger partial charge is 0.497 e. The first kappa shape index (κ1) is 30.2. The van der Waals surface area contributed by atoms with Crippen molar-refractivity contribution in [3.8, 4) is 5.75 Å². The molecule has 0 aliphatic rings. The van der Waals surface area contributed by atoms with Gasteiger partial charge in [0.1, 0.15) is 11.8 Å². The van der Waals surface area contributed by atoms with Crippen LogP contribution in [0.25, 0.3) is 0 Å². The van der Waals surface area contributed by atoms with Crippen LogP contribution in [-0.2, 0) is 26.2 Å². The Balaban J connectivity index is 2.24. The number of methoxy groups -OCH3 is 1. The van der Waals surface area contributed by atoms with E-state index in [1.807, 2.05) is 64.1 Å². The lowest BCUT2D eigenvalue weighted by Crippen LogP contribution is -2.49. The van der Waals surface area contributed by atoms with E-state index in [1.54, 1.807) is 24.1 Å². The molecule has 0 saturated heterocycles. The first-order valence-corrected chi connectivity index (χ1v) is 14.6. The molecule has 0 aliphatic heterocycles. The number of aryl methyl sites for hydroxylation is 1. The van der Waals surface area contributed by atoms with Gasteiger partial charge in [0.05, 0.1) is 19.1 Å². The summed E-state index contributed by atoms with van der Waals surface area (Å²) < 4.78 is 31.7. The van der Waals surface area contributed by atoms with E-state index in [9.17, 15) is 18.0 Å². The molecule has 0 bridgehead atoms. The van der Waals surface area contributed by atoms with Gasteiger partial charge < -0.3 is 15.0 Å². The zero-order valence-corrected chi connectivity index (χ0v) is 23.7. The maximum absolute atomic E-state index is 13.5. The van der Waals surface area contributed by atoms with Gasteiger partial charge in [-0.3, -0.25) is 13.9 Å². The molecule has 8 nitrogen and oxygen atoms in total. The number of sulfonamides is 1. The van der Waals surface area contributed by atoms with Crippen molar-refractivity contribution in [1.82, 2.24) is 10.2 Å². The van der Waals surface area contributed by atoms with Gasteiger partial charge >= 0.3 is 0 Å². The van der Waals surface area contributed by atoms with Crippen LogP contribution in [0.15, 0.2) is 48.5 Å². The molecule has 0 unspecified atom stereocenters. The molecule has 2 aromatic rings. The van der Waals surface area contributed by atoms with E-state index in [2.05, 4.69) is 5.32 Å². The van der Waals surface area contributed by atoms with Gasteiger partial charge in [0, 0.05) is 26.1 Å². The molecule has 37 heavy (non-hydrogen) atoms. The molecular weight excluding hydrogens is 490 g/mol. The van der Waals surface area contributed by atoms with Crippen LogP contribution >= 0.6 is 0 Å². The summed E-state index contributed by atoms with van der Waals surface area (Å²) in [4.78, 5) is 28.2. The number of nitrogens with zero attached hydrogens (tertiary/aromatic N) is 2. The van der Waals surface area contributed by atoms with Crippen LogP contribution < -0.4 is 14.4 Å². The SMILES string of the molecule is CC[C@H](C(=O)NCC(C)C)N(Cc1cccc(OC)c1)C(=O)CCCN(c1ccccc1C)S(C)(=O)=O. The van der Waals surface area contributed by atoms with E-state index in [0.717, 1.165) is 11.1 Å². The zero-order valence-electron chi connectivity index (χ0n) is 22.9. The molecule has 0 aromatic heterocycles. The fourth-order valence-electron chi connectivity index (χ4n) is 4.14. The molecule has 0 aliphatic carbocycles. The Morgan fingerprint density at radius 2 is 1.78 bits per heavy atom. The summed E-state index contributed by atoms with van der Waals surface area (Å²) in [5, 5.41) is 2.95. The van der Waals surface area contributed by atoms with Gasteiger partial charge in [-0.1, -0.05) is 51.1 Å². The predicted octanol–water partition coefficient (Wildman–Crippen LogP) is 4.13. The highest BCUT2D eigenvalue weighted by Gasteiger charge is 2.29. The van der Waals surface area contributed by atoms with Gasteiger partial charge in [0.15, 0.2) is 0 Å². The second-order valence-electron chi connectivity index (χ2n) is 9.66. The van der Waals surface area contributed by atoms with Gasteiger partial charge in [-0.2, -0.15) is 0 Å². The molecule has 2 rings (SSSR count). The number of nitrogens with one attached hydrogen (secondary N) is 1. The van der Waals surface area contributed by atoms with Crippen LogP contribution in [0.4, 0.5) is 5.69 Å². The summed E-state index contributed by atoms with van der Waals surface area (Å²) >= 11 is 0. The fraction of sp³-hybridized carbons (Fsp3) is 0.500. The van der Waals surface area contributed by atoms with Gasteiger partial charge in [0.2, 0.25) is 21.8 Å². The minimum Gasteiger partial charge on any atom is -0.497 e. The summed E-state index contributed by atoms with van der Waals surface area (Å²) in [5.41, 5.74) is 2.29. The van der Waals surface area contributed by atoms with Gasteiger partial charge in [0.25, 0.3) is 0 Å². The summed E-state index contributed by atoms with van der Waals surface area (Å²) in [7, 11) is -1.95. The Morgan fingerprint density at radius 1 is 1.08 bits per heavy atom. The topological polar surface area (TPSA) is 96.0 Å². The Bertz CT molecular complexity index is 1150. The lowest BCUT2D eigenvalue weighted by molar-refractivity contribution is -0.141. The van der Waals surface area contributed by atoms with Crippen molar-refractivity contribution in [2.75, 3.05) is 30.8 Å². The summed E-state index contributed by atoms with van der Waals surface area (Å²) in [6.07, 6.45) is 2.05. The molecule has 1 atom stereocenters. The van der Waals surface area contributed by atoms with E-state index in [4.69, 9.17) is 4.74 Å². The molecular formula is C28H41N3O5S. The predicted molar refractivity (Wildman–Crippen MR) is 148 cm³/mol. The highest BCUT2D eigenvalue weighted by Crippen LogP contribution is 2.23. The molecule has 0 radical (unpaired) electrons. The Labute approximate surface area is 222 Å². The lowest BCUT2D eigenvalue weighted by Gasteiger charge is -2.31. The Morgan fingerprint density at radius 3 is 2.38 bits per heavy atom. The van der Waals surface area contributed by atoms with Crippen molar-refractivity contribution >= 4 is 27.5 Å². The second-order valence-corrected chi connectivity index (χ2v) is 11.6. The Kier molecular flexibility index (Phi) is 11.4. The Hall–Kier alpha value is -3.07. The quantitative estimate of drug-likeness (QED) is 0.396. The van der Waals surface area contributed by atoms with Crippen LogP contribution in [0.1, 0.15) is 51.2 Å². The summed E-state index contributed by atoms with van der Waals surface area (Å²) in [6.45, 7) is 8.71. The van der Waals surface area contributed by atoms with E-state index in [-0.39, 0.29) is 37.2 Å². The summed E-state index contributed by atoms with van der Waals surface area (Å²) in [5.74, 6) is 0.564. The highest BCUT2D eigenvalue weighted by atomic mass is 32.2. The van der Waals surface area contributed by atoms with Crippen molar-refractivity contribution < 1.29 is 22.7 Å². The minimum absolute atomic E-state index is 0.107. The van der Waals surface area contributed by atoms with Gasteiger partial charge in [-0.25, -0.2) is 8.42 Å². The molecule has 204 valence electrons. The number of rotatable bonds is 14. The second kappa shape index (κ2) is 14.0.